The second-order valence-electron chi connectivity index (χ2n) is 6.00. The number of hydrogen-bond acceptors (Lipinski definition) is 7. The third kappa shape index (κ3) is 3.44. The van der Waals surface area contributed by atoms with E-state index in [1.165, 1.54) is 7.11 Å². The summed E-state index contributed by atoms with van der Waals surface area (Å²) in [5, 5.41) is 6.82. The Morgan fingerprint density at radius 3 is 2.75 bits per heavy atom. The van der Waals surface area contributed by atoms with Crippen molar-refractivity contribution in [3.05, 3.63) is 53.7 Å². The molecule has 2 aromatic carbocycles. The molecule has 144 valence electrons. The molecule has 8 nitrogen and oxygen atoms in total. The van der Waals surface area contributed by atoms with Crippen molar-refractivity contribution in [1.29, 1.82) is 0 Å². The number of amides is 1. The number of carbonyl (C=O) groups excluding carboxylic acids is 1. The first-order chi connectivity index (χ1) is 13.7. The lowest BCUT2D eigenvalue weighted by Crippen LogP contribution is -2.23. The van der Waals surface area contributed by atoms with Crippen molar-refractivity contribution in [2.75, 3.05) is 21.0 Å². The molecule has 0 saturated carbocycles. The van der Waals surface area contributed by atoms with E-state index in [0.29, 0.717) is 40.0 Å². The maximum atomic E-state index is 12.5. The molecule has 0 unspecified atom stereocenters. The Balaban J connectivity index is 1.44. The van der Waals surface area contributed by atoms with E-state index in [-0.39, 0.29) is 19.2 Å². The van der Waals surface area contributed by atoms with E-state index < -0.39 is 0 Å². The minimum Gasteiger partial charge on any atom is -0.497 e. The van der Waals surface area contributed by atoms with Gasteiger partial charge in [0.1, 0.15) is 17.2 Å². The van der Waals surface area contributed by atoms with Crippen molar-refractivity contribution < 1.29 is 28.3 Å². The van der Waals surface area contributed by atoms with Crippen molar-refractivity contribution >= 4 is 5.91 Å². The number of hydrogen-bond donors (Lipinski definition) is 1. The third-order valence-corrected chi connectivity index (χ3v) is 4.30. The van der Waals surface area contributed by atoms with Crippen LogP contribution in [-0.2, 0) is 6.54 Å². The summed E-state index contributed by atoms with van der Waals surface area (Å²) in [7, 11) is 3.05. The predicted molar refractivity (Wildman–Crippen MR) is 98.8 cm³/mol. The minimum absolute atomic E-state index is 0.210. The Labute approximate surface area is 160 Å². The summed E-state index contributed by atoms with van der Waals surface area (Å²) < 4.78 is 26.5. The molecule has 0 atom stereocenters. The van der Waals surface area contributed by atoms with E-state index in [0.717, 1.165) is 5.56 Å². The van der Waals surface area contributed by atoms with Crippen LogP contribution >= 0.6 is 0 Å². The lowest BCUT2D eigenvalue weighted by Gasteiger charge is -2.10. The molecule has 1 aliphatic heterocycles. The van der Waals surface area contributed by atoms with Gasteiger partial charge in [0.2, 0.25) is 6.79 Å². The van der Waals surface area contributed by atoms with Crippen LogP contribution in [0.3, 0.4) is 0 Å². The molecule has 0 spiro atoms. The van der Waals surface area contributed by atoms with Crippen LogP contribution in [0.25, 0.3) is 11.3 Å². The van der Waals surface area contributed by atoms with Gasteiger partial charge >= 0.3 is 0 Å². The molecular weight excluding hydrogens is 364 g/mol. The fourth-order valence-corrected chi connectivity index (χ4v) is 2.83. The van der Waals surface area contributed by atoms with Crippen LogP contribution in [0.1, 0.15) is 16.1 Å². The van der Waals surface area contributed by atoms with Crippen LogP contribution in [0.2, 0.25) is 0 Å². The predicted octanol–water partition coefficient (Wildman–Crippen LogP) is 3.02. The van der Waals surface area contributed by atoms with E-state index in [4.69, 9.17) is 23.5 Å². The molecule has 28 heavy (non-hydrogen) atoms. The zero-order chi connectivity index (χ0) is 19.5. The number of fused-ring (bicyclic) bond motifs is 1. The van der Waals surface area contributed by atoms with Crippen LogP contribution in [-0.4, -0.2) is 32.1 Å². The Bertz CT molecular complexity index is 1010. The van der Waals surface area contributed by atoms with Crippen molar-refractivity contribution in [3.8, 4) is 34.3 Å². The number of aromatic nitrogens is 1. The zero-order valence-electron chi connectivity index (χ0n) is 15.4. The first-order valence-electron chi connectivity index (χ1n) is 8.54. The topological polar surface area (TPSA) is 92.1 Å². The largest absolute Gasteiger partial charge is 0.497 e. The van der Waals surface area contributed by atoms with E-state index in [2.05, 4.69) is 10.5 Å². The van der Waals surface area contributed by atoms with E-state index >= 15 is 0 Å². The normalized spacial score (nSPS) is 11.9. The number of rotatable bonds is 6. The first kappa shape index (κ1) is 17.7. The average molecular weight is 382 g/mol. The quantitative estimate of drug-likeness (QED) is 0.700. The van der Waals surface area contributed by atoms with Crippen molar-refractivity contribution in [3.63, 3.8) is 0 Å². The van der Waals surface area contributed by atoms with Gasteiger partial charge in [0, 0.05) is 17.7 Å². The van der Waals surface area contributed by atoms with Crippen LogP contribution in [0, 0.1) is 0 Å². The molecule has 2 heterocycles. The summed E-state index contributed by atoms with van der Waals surface area (Å²) in [6.45, 7) is 0.420. The fourth-order valence-electron chi connectivity index (χ4n) is 2.83. The minimum atomic E-state index is -0.285. The Morgan fingerprint density at radius 2 is 1.93 bits per heavy atom. The smallest absolute Gasteiger partial charge is 0.255 e. The number of benzene rings is 2. The highest BCUT2D eigenvalue weighted by Crippen LogP contribution is 2.36. The van der Waals surface area contributed by atoms with Crippen molar-refractivity contribution in [2.45, 2.75) is 6.54 Å². The molecular formula is C20H18N2O6. The van der Waals surface area contributed by atoms with E-state index in [1.807, 2.05) is 18.2 Å². The molecule has 0 saturated heterocycles. The summed E-state index contributed by atoms with van der Waals surface area (Å²) in [5.41, 5.74) is 1.81. The lowest BCUT2D eigenvalue weighted by atomic mass is 10.1. The van der Waals surface area contributed by atoms with Gasteiger partial charge in [0.25, 0.3) is 5.91 Å². The van der Waals surface area contributed by atoms with Gasteiger partial charge in [-0.25, -0.2) is 0 Å². The number of ether oxygens (including phenoxy) is 4. The fraction of sp³-hybridized carbons (Fsp3) is 0.200. The van der Waals surface area contributed by atoms with Gasteiger partial charge in [0.05, 0.1) is 26.3 Å². The first-order valence-corrected chi connectivity index (χ1v) is 8.54. The number of nitrogens with zero attached hydrogens (tertiary/aromatic N) is 1. The van der Waals surface area contributed by atoms with Gasteiger partial charge < -0.3 is 28.8 Å². The van der Waals surface area contributed by atoms with Crippen LogP contribution in [0.15, 0.2) is 47.0 Å². The molecule has 1 N–H and O–H groups in total. The van der Waals surface area contributed by atoms with Gasteiger partial charge in [-0.05, 0) is 30.3 Å². The highest BCUT2D eigenvalue weighted by molar-refractivity contribution is 5.97. The second kappa shape index (κ2) is 7.51. The summed E-state index contributed by atoms with van der Waals surface area (Å²) in [6.07, 6.45) is 0. The molecule has 0 bridgehead atoms. The average Bonchev–Trinajstić information content (AvgIpc) is 3.40. The third-order valence-electron chi connectivity index (χ3n) is 4.30. The maximum Gasteiger partial charge on any atom is 0.255 e. The molecule has 1 amide bonds. The van der Waals surface area contributed by atoms with Gasteiger partial charge in [-0.15, -0.1) is 0 Å². The van der Waals surface area contributed by atoms with Gasteiger partial charge in [-0.1, -0.05) is 5.16 Å². The standard InChI is InChI=1S/C20H18N2O6/c1-24-14-4-5-15(18(9-14)25-2)20(23)21-10-13-8-17(28-22-13)12-3-6-16-19(7-12)27-11-26-16/h3-9H,10-11H2,1-2H3,(H,21,23). The van der Waals surface area contributed by atoms with E-state index in [9.17, 15) is 4.79 Å². The van der Waals surface area contributed by atoms with Gasteiger partial charge in [-0.2, -0.15) is 0 Å². The summed E-state index contributed by atoms with van der Waals surface area (Å²) >= 11 is 0. The molecule has 8 heteroatoms. The summed E-state index contributed by atoms with van der Waals surface area (Å²) in [5.74, 6) is 2.69. The van der Waals surface area contributed by atoms with E-state index in [1.54, 1.807) is 31.4 Å². The summed E-state index contributed by atoms with van der Waals surface area (Å²) in [6, 6.07) is 12.3. The Morgan fingerprint density at radius 1 is 1.07 bits per heavy atom. The second-order valence-corrected chi connectivity index (χ2v) is 6.00. The Kier molecular flexibility index (Phi) is 4.76. The number of nitrogens with one attached hydrogen (secondary N) is 1. The molecule has 4 rings (SSSR count). The molecule has 3 aromatic rings. The van der Waals surface area contributed by atoms with Crippen LogP contribution in [0.5, 0.6) is 23.0 Å². The van der Waals surface area contributed by atoms with Crippen molar-refractivity contribution in [1.82, 2.24) is 10.5 Å². The van der Waals surface area contributed by atoms with Crippen molar-refractivity contribution in [2.24, 2.45) is 0 Å². The highest BCUT2D eigenvalue weighted by atomic mass is 16.7. The van der Waals surface area contributed by atoms with Gasteiger partial charge in [-0.3, -0.25) is 4.79 Å². The Hall–Kier alpha value is -3.68. The lowest BCUT2D eigenvalue weighted by molar-refractivity contribution is 0.0947. The molecule has 0 aliphatic carbocycles. The SMILES string of the molecule is COc1ccc(C(=O)NCc2cc(-c3ccc4c(c3)OCO4)on2)c(OC)c1. The van der Waals surface area contributed by atoms with Gasteiger partial charge in [0.15, 0.2) is 17.3 Å². The zero-order valence-corrected chi connectivity index (χ0v) is 15.4. The highest BCUT2D eigenvalue weighted by Gasteiger charge is 2.17. The molecule has 1 aromatic heterocycles. The van der Waals surface area contributed by atoms with Crippen LogP contribution in [0.4, 0.5) is 0 Å². The number of carbonyl (C=O) groups is 1. The maximum absolute atomic E-state index is 12.5. The summed E-state index contributed by atoms with van der Waals surface area (Å²) in [4.78, 5) is 12.5. The molecule has 1 aliphatic rings. The monoisotopic (exact) mass is 382 g/mol. The number of methoxy groups -OCH3 is 2. The molecule has 0 radical (unpaired) electrons. The molecule has 0 fully saturated rings. The van der Waals surface area contributed by atoms with Crippen LogP contribution < -0.4 is 24.3 Å².